The Morgan fingerprint density at radius 1 is 1.10 bits per heavy atom. The first kappa shape index (κ1) is 19.6. The van der Waals surface area contributed by atoms with Crippen LogP contribution < -0.4 is 5.32 Å². The van der Waals surface area contributed by atoms with Crippen molar-refractivity contribution >= 4 is 28.0 Å². The molecule has 1 saturated heterocycles. The number of fused-ring (bicyclic) bond motifs is 3. The lowest BCUT2D eigenvalue weighted by Gasteiger charge is -2.26. The Hall–Kier alpha value is -3.36. The number of nitrogens with one attached hydrogen (secondary N) is 1. The molecule has 158 valence electrons. The minimum atomic E-state index is -0.0948. The zero-order valence-corrected chi connectivity index (χ0v) is 17.4. The van der Waals surface area contributed by atoms with Gasteiger partial charge in [0, 0.05) is 42.8 Å². The highest BCUT2D eigenvalue weighted by atomic mass is 16.5. The molecule has 8 heteroatoms. The van der Waals surface area contributed by atoms with E-state index in [9.17, 15) is 4.79 Å². The van der Waals surface area contributed by atoms with Crippen LogP contribution in [0.15, 0.2) is 48.5 Å². The van der Waals surface area contributed by atoms with Crippen LogP contribution in [0.2, 0.25) is 0 Å². The van der Waals surface area contributed by atoms with Gasteiger partial charge in [0.05, 0.1) is 18.7 Å². The van der Waals surface area contributed by atoms with Crippen molar-refractivity contribution in [2.45, 2.75) is 6.92 Å². The van der Waals surface area contributed by atoms with Gasteiger partial charge in [-0.25, -0.2) is 4.98 Å². The molecule has 1 aliphatic rings. The fourth-order valence-corrected chi connectivity index (χ4v) is 4.03. The molecule has 1 amide bonds. The first-order valence-electron chi connectivity index (χ1n) is 10.5. The van der Waals surface area contributed by atoms with E-state index in [2.05, 4.69) is 30.0 Å². The molecule has 0 atom stereocenters. The van der Waals surface area contributed by atoms with Gasteiger partial charge in [-0.05, 0) is 37.3 Å². The monoisotopic (exact) mass is 416 g/mol. The van der Waals surface area contributed by atoms with Gasteiger partial charge in [-0.1, -0.05) is 18.2 Å². The van der Waals surface area contributed by atoms with Gasteiger partial charge in [0.1, 0.15) is 11.3 Å². The number of hydrogen-bond acceptors (Lipinski definition) is 6. The van der Waals surface area contributed by atoms with E-state index >= 15 is 0 Å². The normalized spacial score (nSPS) is 14.9. The second-order valence-corrected chi connectivity index (χ2v) is 7.64. The number of hydrogen-bond donors (Lipinski definition) is 1. The molecule has 31 heavy (non-hydrogen) atoms. The smallest absolute Gasteiger partial charge is 0.251 e. The predicted molar refractivity (Wildman–Crippen MR) is 118 cm³/mol. The Balaban J connectivity index is 1.47. The van der Waals surface area contributed by atoms with Crippen molar-refractivity contribution in [3.8, 4) is 5.69 Å². The zero-order valence-electron chi connectivity index (χ0n) is 17.4. The molecule has 1 N–H and O–H groups in total. The number of benzene rings is 2. The highest BCUT2D eigenvalue weighted by Crippen LogP contribution is 2.27. The minimum absolute atomic E-state index is 0.0948. The summed E-state index contributed by atoms with van der Waals surface area (Å²) in [5.74, 6) is 0.728. The van der Waals surface area contributed by atoms with E-state index in [-0.39, 0.29) is 5.91 Å². The second-order valence-electron chi connectivity index (χ2n) is 7.64. The van der Waals surface area contributed by atoms with E-state index in [0.29, 0.717) is 17.8 Å². The molecule has 0 unspecified atom stereocenters. The number of rotatable bonds is 5. The molecule has 2 aromatic heterocycles. The summed E-state index contributed by atoms with van der Waals surface area (Å²) in [6, 6.07) is 15.5. The molecular weight excluding hydrogens is 392 g/mol. The molecule has 0 radical (unpaired) electrons. The number of para-hydroxylation sites is 1. The Kier molecular flexibility index (Phi) is 5.31. The maximum absolute atomic E-state index is 12.8. The first-order chi connectivity index (χ1) is 15.2. The van der Waals surface area contributed by atoms with Crippen LogP contribution in [0.5, 0.6) is 0 Å². The van der Waals surface area contributed by atoms with Crippen molar-refractivity contribution in [2.24, 2.45) is 0 Å². The molecule has 0 saturated carbocycles. The van der Waals surface area contributed by atoms with Gasteiger partial charge < -0.3 is 10.1 Å². The standard InChI is InChI=1S/C23H24N6O2/c1-16-25-22-21(29(16)18-5-3-2-4-6-18)19-15-17(7-8-20(19)26-27-22)23(30)24-9-10-28-11-13-31-14-12-28/h2-8,15H,9-14H2,1H3,(H,24,30). The summed E-state index contributed by atoms with van der Waals surface area (Å²) < 4.78 is 7.43. The Bertz CT molecular complexity index is 1230. The molecule has 1 fully saturated rings. The summed E-state index contributed by atoms with van der Waals surface area (Å²) >= 11 is 0. The molecule has 4 aromatic rings. The summed E-state index contributed by atoms with van der Waals surface area (Å²) in [6.45, 7) is 6.69. The van der Waals surface area contributed by atoms with E-state index < -0.39 is 0 Å². The lowest BCUT2D eigenvalue weighted by molar-refractivity contribution is 0.0383. The Morgan fingerprint density at radius 3 is 2.71 bits per heavy atom. The molecule has 0 spiro atoms. The SMILES string of the molecule is Cc1nc2nnc3ccc(C(=O)NCCN4CCOCC4)cc3c2n1-c1ccccc1. The number of carbonyl (C=O) groups excluding carboxylic acids is 1. The van der Waals surface area contributed by atoms with Crippen LogP contribution in [-0.4, -0.2) is 69.9 Å². The first-order valence-corrected chi connectivity index (χ1v) is 10.5. The van der Waals surface area contributed by atoms with Gasteiger partial charge >= 0.3 is 0 Å². The average molecular weight is 416 g/mol. The van der Waals surface area contributed by atoms with Crippen LogP contribution in [0.3, 0.4) is 0 Å². The number of morpholine rings is 1. The molecule has 5 rings (SSSR count). The summed E-state index contributed by atoms with van der Waals surface area (Å²) in [4.78, 5) is 19.7. The largest absolute Gasteiger partial charge is 0.379 e. The molecular formula is C23H24N6O2. The number of nitrogens with zero attached hydrogens (tertiary/aromatic N) is 5. The minimum Gasteiger partial charge on any atom is -0.379 e. The second kappa shape index (κ2) is 8.41. The number of carbonyl (C=O) groups is 1. The molecule has 0 bridgehead atoms. The topological polar surface area (TPSA) is 85.2 Å². The maximum atomic E-state index is 12.8. The number of imidazole rings is 1. The van der Waals surface area contributed by atoms with E-state index in [0.717, 1.165) is 60.8 Å². The molecule has 3 heterocycles. The fourth-order valence-electron chi connectivity index (χ4n) is 4.03. The van der Waals surface area contributed by atoms with Crippen LogP contribution >= 0.6 is 0 Å². The van der Waals surface area contributed by atoms with E-state index in [1.54, 1.807) is 6.07 Å². The van der Waals surface area contributed by atoms with E-state index in [1.807, 2.05) is 49.4 Å². The quantitative estimate of drug-likeness (QED) is 0.538. The number of amides is 1. The fraction of sp³-hybridized carbons (Fsp3) is 0.304. The van der Waals surface area contributed by atoms with Gasteiger partial charge in [0.25, 0.3) is 5.91 Å². The van der Waals surface area contributed by atoms with Crippen LogP contribution in [0.4, 0.5) is 0 Å². The average Bonchev–Trinajstić information content (AvgIpc) is 3.16. The Morgan fingerprint density at radius 2 is 1.90 bits per heavy atom. The van der Waals surface area contributed by atoms with Crippen molar-refractivity contribution in [1.82, 2.24) is 30.0 Å². The van der Waals surface area contributed by atoms with E-state index in [4.69, 9.17) is 4.74 Å². The predicted octanol–water partition coefficient (Wildman–Crippen LogP) is 2.34. The summed E-state index contributed by atoms with van der Waals surface area (Å²) in [5, 5.41) is 12.5. The zero-order chi connectivity index (χ0) is 21.2. The molecule has 2 aromatic carbocycles. The number of aromatic nitrogens is 4. The van der Waals surface area contributed by atoms with Gasteiger partial charge in [0.15, 0.2) is 0 Å². The van der Waals surface area contributed by atoms with Crippen LogP contribution in [0.1, 0.15) is 16.2 Å². The van der Waals surface area contributed by atoms with Gasteiger partial charge in [-0.15, -0.1) is 10.2 Å². The third-order valence-corrected chi connectivity index (χ3v) is 5.62. The lowest BCUT2D eigenvalue weighted by Crippen LogP contribution is -2.41. The Labute approximate surface area is 179 Å². The molecule has 1 aliphatic heterocycles. The molecule has 0 aliphatic carbocycles. The summed E-state index contributed by atoms with van der Waals surface area (Å²) in [6.07, 6.45) is 0. The van der Waals surface area contributed by atoms with Crippen molar-refractivity contribution in [3.63, 3.8) is 0 Å². The van der Waals surface area contributed by atoms with Crippen molar-refractivity contribution in [2.75, 3.05) is 39.4 Å². The van der Waals surface area contributed by atoms with Crippen LogP contribution in [0.25, 0.3) is 27.8 Å². The van der Waals surface area contributed by atoms with Crippen molar-refractivity contribution in [1.29, 1.82) is 0 Å². The van der Waals surface area contributed by atoms with Gasteiger partial charge in [-0.2, -0.15) is 0 Å². The van der Waals surface area contributed by atoms with Gasteiger partial charge in [0.2, 0.25) is 5.65 Å². The summed E-state index contributed by atoms with van der Waals surface area (Å²) in [7, 11) is 0. The lowest BCUT2D eigenvalue weighted by atomic mass is 10.1. The highest BCUT2D eigenvalue weighted by Gasteiger charge is 2.17. The van der Waals surface area contributed by atoms with Crippen LogP contribution in [0, 0.1) is 6.92 Å². The van der Waals surface area contributed by atoms with Crippen molar-refractivity contribution < 1.29 is 9.53 Å². The highest BCUT2D eigenvalue weighted by molar-refractivity contribution is 6.05. The third kappa shape index (κ3) is 3.87. The van der Waals surface area contributed by atoms with Crippen LogP contribution in [-0.2, 0) is 4.74 Å². The molecule has 8 nitrogen and oxygen atoms in total. The van der Waals surface area contributed by atoms with Gasteiger partial charge in [-0.3, -0.25) is 14.3 Å². The number of ether oxygens (including phenoxy) is 1. The van der Waals surface area contributed by atoms with Crippen molar-refractivity contribution in [3.05, 3.63) is 59.9 Å². The summed E-state index contributed by atoms with van der Waals surface area (Å²) in [5.41, 5.74) is 3.75. The number of aryl methyl sites for hydroxylation is 1. The van der Waals surface area contributed by atoms with E-state index in [1.165, 1.54) is 0 Å². The third-order valence-electron chi connectivity index (χ3n) is 5.62. The maximum Gasteiger partial charge on any atom is 0.251 e.